The van der Waals surface area contributed by atoms with E-state index >= 15 is 0 Å². The smallest absolute Gasteiger partial charge is 0.251 e. The van der Waals surface area contributed by atoms with Crippen molar-refractivity contribution in [3.05, 3.63) is 45.8 Å². The van der Waals surface area contributed by atoms with Gasteiger partial charge in [-0.05, 0) is 87.7 Å². The molecule has 6 unspecified atom stereocenters. The van der Waals surface area contributed by atoms with E-state index in [9.17, 15) is 14.4 Å². The average molecular weight is 1000 g/mol. The fraction of sp³-hybridized carbons (Fsp3) is 0.771. The number of ether oxygens (including phenoxy) is 3. The van der Waals surface area contributed by atoms with Crippen molar-refractivity contribution in [1.29, 1.82) is 10.8 Å². The minimum Gasteiger partial charge on any atom is -0.379 e. The van der Waals surface area contributed by atoms with Gasteiger partial charge in [-0.2, -0.15) is 23.5 Å². The molecule has 0 bridgehead atoms. The van der Waals surface area contributed by atoms with E-state index in [2.05, 4.69) is 52.1 Å². The molecule has 0 spiro atoms. The molecule has 386 valence electrons. The number of fused-ring (bicyclic) bond motifs is 2. The molecule has 21 heteroatoms. The van der Waals surface area contributed by atoms with Crippen LogP contribution in [-0.4, -0.2) is 160 Å². The van der Waals surface area contributed by atoms with E-state index in [1.807, 2.05) is 47.8 Å². The highest BCUT2D eigenvalue weighted by Crippen LogP contribution is 2.34. The summed E-state index contributed by atoms with van der Waals surface area (Å²) in [4.78, 5) is 43.0. The van der Waals surface area contributed by atoms with Crippen LogP contribution in [0.25, 0.3) is 10.4 Å². The molecule has 4 heterocycles. The maximum Gasteiger partial charge on any atom is 0.251 e. The largest absolute Gasteiger partial charge is 0.379 e. The number of rotatable bonds is 39. The normalized spacial score (nSPS) is 21.2. The van der Waals surface area contributed by atoms with Gasteiger partial charge in [-0.3, -0.25) is 30.1 Å². The van der Waals surface area contributed by atoms with Crippen LogP contribution in [0, 0.1) is 10.8 Å². The number of carbonyl (C=O) groups is 3. The van der Waals surface area contributed by atoms with Gasteiger partial charge in [0, 0.05) is 78.0 Å². The Labute approximate surface area is 418 Å². The van der Waals surface area contributed by atoms with Crippen LogP contribution in [0.15, 0.2) is 29.4 Å². The summed E-state index contributed by atoms with van der Waals surface area (Å²) in [6.45, 7) is 7.33. The predicted molar refractivity (Wildman–Crippen MR) is 276 cm³/mol. The molecule has 0 aromatic heterocycles. The highest BCUT2D eigenvalue weighted by Gasteiger charge is 2.42. The van der Waals surface area contributed by atoms with E-state index in [1.165, 1.54) is 5.56 Å². The monoisotopic (exact) mass is 1000 g/mol. The van der Waals surface area contributed by atoms with Gasteiger partial charge in [-0.25, -0.2) is 0 Å². The Morgan fingerprint density at radius 2 is 1.14 bits per heavy atom. The Morgan fingerprint density at radius 3 is 1.68 bits per heavy atom. The van der Waals surface area contributed by atoms with E-state index in [0.717, 1.165) is 134 Å². The second kappa shape index (κ2) is 33.6. The van der Waals surface area contributed by atoms with E-state index in [0.29, 0.717) is 118 Å². The number of guanidine groups is 2. The number of carbonyl (C=O) groups excluding carboxylic acids is 3. The molecule has 0 aliphatic carbocycles. The highest BCUT2D eigenvalue weighted by atomic mass is 32.2. The zero-order chi connectivity index (χ0) is 48.7. The van der Waals surface area contributed by atoms with Crippen LogP contribution < -0.4 is 37.2 Å². The molecule has 19 nitrogen and oxygen atoms in total. The Kier molecular flexibility index (Phi) is 27.2. The lowest BCUT2D eigenvalue weighted by atomic mass is 10.0. The second-order valence-electron chi connectivity index (χ2n) is 18.4. The number of unbranched alkanes of at least 4 members (excludes halogenated alkanes) is 8. The molecule has 9 N–H and O–H groups in total. The fourth-order valence-corrected chi connectivity index (χ4v) is 12.3. The Morgan fingerprint density at radius 1 is 0.638 bits per heavy atom. The minimum atomic E-state index is -0.137. The Hall–Kier alpha value is -3.98. The molecule has 6 atom stereocenters. The Bertz CT molecular complexity index is 1670. The fourth-order valence-electron chi connectivity index (χ4n) is 9.19. The van der Waals surface area contributed by atoms with Gasteiger partial charge in [-0.1, -0.05) is 55.8 Å². The Balaban J connectivity index is 0.916. The van der Waals surface area contributed by atoms with Crippen molar-refractivity contribution in [2.45, 2.75) is 144 Å². The summed E-state index contributed by atoms with van der Waals surface area (Å²) in [6.07, 6.45) is 15.6. The lowest BCUT2D eigenvalue weighted by Crippen LogP contribution is -2.36. The summed E-state index contributed by atoms with van der Waals surface area (Å²) in [6, 6.07) is 9.27. The summed E-state index contributed by atoms with van der Waals surface area (Å²) in [5.74, 6) is 3.11. The van der Waals surface area contributed by atoms with Crippen molar-refractivity contribution in [2.24, 2.45) is 5.11 Å². The molecule has 5 rings (SSSR count). The first-order valence-corrected chi connectivity index (χ1v) is 27.7. The van der Waals surface area contributed by atoms with Gasteiger partial charge in [-0.15, -0.1) is 0 Å². The van der Waals surface area contributed by atoms with Gasteiger partial charge < -0.3 is 51.4 Å². The highest BCUT2D eigenvalue weighted by molar-refractivity contribution is 8.00. The zero-order valence-corrected chi connectivity index (χ0v) is 42.4. The SMILES string of the molecule is [N-]=[N+]=NCCOCCOCCOCCNC(=O)c1ccc(CN(CCCCCCNC(=O)CCCCC2SCC3NC(=N)NC32)CCCCCCNC(=O)CCCCC2SCC3NC(=N)NC32)cc1. The maximum absolute atomic E-state index is 12.8. The number of azide groups is 1. The third-order valence-corrected chi connectivity index (χ3v) is 16.0. The van der Waals surface area contributed by atoms with E-state index < -0.39 is 0 Å². The number of thioether (sulfide) groups is 2. The van der Waals surface area contributed by atoms with Crippen molar-refractivity contribution >= 4 is 53.2 Å². The van der Waals surface area contributed by atoms with Gasteiger partial charge in [0.15, 0.2) is 11.9 Å². The summed E-state index contributed by atoms with van der Waals surface area (Å²) in [5, 5.41) is 42.2. The van der Waals surface area contributed by atoms with Crippen LogP contribution in [0.3, 0.4) is 0 Å². The van der Waals surface area contributed by atoms with Crippen molar-refractivity contribution in [2.75, 3.05) is 90.4 Å². The zero-order valence-electron chi connectivity index (χ0n) is 40.7. The number of amides is 3. The first-order chi connectivity index (χ1) is 33.8. The molecule has 4 aliphatic rings. The summed E-state index contributed by atoms with van der Waals surface area (Å²) < 4.78 is 16.3. The van der Waals surface area contributed by atoms with Crippen LogP contribution in [0.1, 0.15) is 119 Å². The molecule has 1 aromatic carbocycles. The van der Waals surface area contributed by atoms with Crippen molar-refractivity contribution in [3.63, 3.8) is 0 Å². The molecule has 4 fully saturated rings. The number of benzene rings is 1. The molecule has 4 aliphatic heterocycles. The van der Waals surface area contributed by atoms with Gasteiger partial charge in [0.2, 0.25) is 11.8 Å². The average Bonchev–Trinajstić information content (AvgIpc) is 4.11. The summed E-state index contributed by atoms with van der Waals surface area (Å²) in [5.41, 5.74) is 10.0. The van der Waals surface area contributed by atoms with Gasteiger partial charge in [0.05, 0.1) is 63.8 Å². The van der Waals surface area contributed by atoms with Crippen LogP contribution in [0.5, 0.6) is 0 Å². The van der Waals surface area contributed by atoms with Gasteiger partial charge >= 0.3 is 0 Å². The number of hydrogen-bond acceptors (Lipinski definition) is 12. The number of nitrogens with zero attached hydrogens (tertiary/aromatic N) is 4. The predicted octanol–water partition coefficient (Wildman–Crippen LogP) is 5.01. The van der Waals surface area contributed by atoms with Crippen molar-refractivity contribution < 1.29 is 28.6 Å². The van der Waals surface area contributed by atoms with Crippen LogP contribution in [-0.2, 0) is 30.3 Å². The number of hydrogen-bond donors (Lipinski definition) is 9. The van der Waals surface area contributed by atoms with Crippen LogP contribution in [0.4, 0.5) is 0 Å². The molecule has 1 aromatic rings. The van der Waals surface area contributed by atoms with E-state index in [4.69, 9.17) is 30.6 Å². The lowest BCUT2D eigenvalue weighted by molar-refractivity contribution is -0.122. The van der Waals surface area contributed by atoms with Crippen molar-refractivity contribution in [3.8, 4) is 0 Å². The van der Waals surface area contributed by atoms with Crippen LogP contribution in [0.2, 0.25) is 0 Å². The molecular weight excluding hydrogens is 919 g/mol. The third kappa shape index (κ3) is 22.3. The van der Waals surface area contributed by atoms with Gasteiger partial charge in [0.1, 0.15) is 0 Å². The topological polar surface area (TPSA) is 263 Å². The summed E-state index contributed by atoms with van der Waals surface area (Å²) >= 11 is 3.95. The third-order valence-electron chi connectivity index (χ3n) is 13.0. The maximum atomic E-state index is 12.8. The van der Waals surface area contributed by atoms with E-state index in [1.54, 1.807) is 0 Å². The molecule has 0 saturated carbocycles. The quantitative estimate of drug-likeness (QED) is 0.0182. The standard InChI is InChI=1S/C48H81N13O6S2/c49-47-56-38-34-68-40(44(38)58-47)13-5-7-15-42(62)52-21-9-1-3-11-25-61(26-12-4-2-10-22-53-43(63)16-8-6-14-41-45-39(35-69-41)57-48(50)59-45)33-36-17-19-37(20-18-36)46(64)54-23-27-65-29-31-67-32-30-66-28-24-55-60-51/h17-20,38-41,44-45H,1-16,21-35H2,(H,52,62)(H,53,63)(H,54,64)(H3,49,56,58)(H3,50,57,59). The summed E-state index contributed by atoms with van der Waals surface area (Å²) in [7, 11) is 0. The lowest BCUT2D eigenvalue weighted by Gasteiger charge is -2.23. The molecule has 0 radical (unpaired) electrons. The molecular formula is C48H81N13O6S2. The molecule has 3 amide bonds. The first-order valence-electron chi connectivity index (χ1n) is 25.6. The van der Waals surface area contributed by atoms with Crippen LogP contribution >= 0.6 is 23.5 Å². The second-order valence-corrected chi connectivity index (χ2v) is 20.9. The first kappa shape index (κ1) is 55.9. The van der Waals surface area contributed by atoms with Crippen molar-refractivity contribution in [1.82, 2.24) is 42.1 Å². The number of nitrogens with one attached hydrogen (secondary N) is 9. The molecule has 4 saturated heterocycles. The van der Waals surface area contributed by atoms with Gasteiger partial charge in [0.25, 0.3) is 5.91 Å². The molecule has 69 heavy (non-hydrogen) atoms. The van der Waals surface area contributed by atoms with E-state index in [-0.39, 0.29) is 17.7 Å². The minimum absolute atomic E-state index is 0.137.